The summed E-state index contributed by atoms with van der Waals surface area (Å²) >= 11 is 0. The van der Waals surface area contributed by atoms with E-state index in [4.69, 9.17) is 5.11 Å². The van der Waals surface area contributed by atoms with Crippen molar-refractivity contribution in [3.63, 3.8) is 0 Å². The molecule has 1 aromatic rings. The summed E-state index contributed by atoms with van der Waals surface area (Å²) < 4.78 is 0. The van der Waals surface area contributed by atoms with Crippen LogP contribution in [0.5, 0.6) is 0 Å². The quantitative estimate of drug-likeness (QED) is 0.817. The van der Waals surface area contributed by atoms with Crippen LogP contribution in [-0.4, -0.2) is 33.9 Å². The number of aromatic nitrogens is 2. The first kappa shape index (κ1) is 10.9. The number of hydrogen-bond donors (Lipinski definition) is 1. The Labute approximate surface area is 94.1 Å². The monoisotopic (exact) mass is 221 g/mol. The molecule has 0 amide bonds. The first-order chi connectivity index (χ1) is 7.59. The van der Waals surface area contributed by atoms with E-state index in [1.165, 1.54) is 12.3 Å². The fourth-order valence-corrected chi connectivity index (χ4v) is 2.30. The number of carbonyl (C=O) groups is 1. The van der Waals surface area contributed by atoms with Crippen LogP contribution >= 0.6 is 0 Å². The highest BCUT2D eigenvalue weighted by molar-refractivity contribution is 5.93. The molecule has 1 aliphatic rings. The number of carboxylic acid groups (broad SMARTS) is 1. The lowest BCUT2D eigenvalue weighted by atomic mass is 10.1. The van der Waals surface area contributed by atoms with Crippen molar-refractivity contribution < 1.29 is 9.90 Å². The van der Waals surface area contributed by atoms with Crippen LogP contribution in [0.1, 0.15) is 30.6 Å². The maximum Gasteiger partial charge on any atom is 0.339 e. The Morgan fingerprint density at radius 1 is 1.56 bits per heavy atom. The van der Waals surface area contributed by atoms with Gasteiger partial charge in [-0.3, -0.25) is 0 Å². The molecule has 0 saturated carbocycles. The van der Waals surface area contributed by atoms with E-state index >= 15 is 0 Å². The van der Waals surface area contributed by atoms with E-state index in [0.29, 0.717) is 17.8 Å². The van der Waals surface area contributed by atoms with Crippen molar-refractivity contribution in [1.82, 2.24) is 10.2 Å². The molecule has 2 atom stereocenters. The second kappa shape index (κ2) is 4.08. The zero-order valence-corrected chi connectivity index (χ0v) is 9.42. The average Bonchev–Trinajstić information content (AvgIpc) is 2.57. The van der Waals surface area contributed by atoms with Gasteiger partial charge >= 0.3 is 5.97 Å². The molecule has 86 valence electrons. The summed E-state index contributed by atoms with van der Waals surface area (Å²) in [5.41, 5.74) is 0.232. The Morgan fingerprint density at radius 2 is 2.31 bits per heavy atom. The zero-order chi connectivity index (χ0) is 11.7. The molecule has 0 bridgehead atoms. The van der Waals surface area contributed by atoms with Crippen LogP contribution in [0, 0.1) is 5.92 Å². The van der Waals surface area contributed by atoms with Gasteiger partial charge in [-0.15, -0.1) is 5.10 Å². The molecule has 1 fully saturated rings. The fraction of sp³-hybridized carbons (Fsp3) is 0.545. The van der Waals surface area contributed by atoms with E-state index in [1.807, 2.05) is 4.90 Å². The van der Waals surface area contributed by atoms with Crippen molar-refractivity contribution in [2.75, 3.05) is 11.4 Å². The molecule has 0 aromatic carbocycles. The number of rotatable bonds is 2. The maximum atomic E-state index is 11.1. The third kappa shape index (κ3) is 1.85. The van der Waals surface area contributed by atoms with E-state index in [-0.39, 0.29) is 5.56 Å². The molecule has 1 N–H and O–H groups in total. The maximum absolute atomic E-state index is 11.1. The molecular formula is C11H15N3O2. The number of hydrogen-bond acceptors (Lipinski definition) is 4. The number of anilines is 1. The predicted octanol–water partition coefficient (Wildman–Crippen LogP) is 1.41. The van der Waals surface area contributed by atoms with Gasteiger partial charge in [0.1, 0.15) is 5.56 Å². The van der Waals surface area contributed by atoms with Crippen molar-refractivity contribution in [3.05, 3.63) is 17.8 Å². The molecule has 1 aromatic heterocycles. The minimum absolute atomic E-state index is 0.232. The molecular weight excluding hydrogens is 206 g/mol. The van der Waals surface area contributed by atoms with Crippen molar-refractivity contribution in [3.8, 4) is 0 Å². The van der Waals surface area contributed by atoms with Crippen LogP contribution < -0.4 is 4.90 Å². The third-order valence-electron chi connectivity index (χ3n) is 2.99. The summed E-state index contributed by atoms with van der Waals surface area (Å²) in [6.07, 6.45) is 2.48. The SMILES string of the molecule is CC1CC(C)N(c2nnccc2C(=O)O)C1. The molecule has 16 heavy (non-hydrogen) atoms. The molecule has 5 nitrogen and oxygen atoms in total. The van der Waals surface area contributed by atoms with Crippen LogP contribution in [-0.2, 0) is 0 Å². The number of nitrogens with zero attached hydrogens (tertiary/aromatic N) is 3. The van der Waals surface area contributed by atoms with Crippen LogP contribution in [0.25, 0.3) is 0 Å². The minimum atomic E-state index is -0.948. The van der Waals surface area contributed by atoms with Gasteiger partial charge in [0.2, 0.25) is 0 Å². The molecule has 2 heterocycles. The van der Waals surface area contributed by atoms with Crippen molar-refractivity contribution in [2.24, 2.45) is 5.92 Å². The Kier molecular flexibility index (Phi) is 2.77. The molecule has 1 aliphatic heterocycles. The van der Waals surface area contributed by atoms with Gasteiger partial charge < -0.3 is 10.0 Å². The Morgan fingerprint density at radius 3 is 2.88 bits per heavy atom. The second-order valence-electron chi connectivity index (χ2n) is 4.42. The highest BCUT2D eigenvalue weighted by atomic mass is 16.4. The molecule has 2 unspecified atom stereocenters. The van der Waals surface area contributed by atoms with E-state index in [9.17, 15) is 4.79 Å². The molecule has 0 spiro atoms. The zero-order valence-electron chi connectivity index (χ0n) is 9.42. The summed E-state index contributed by atoms with van der Waals surface area (Å²) in [6, 6.07) is 1.82. The van der Waals surface area contributed by atoms with Crippen molar-refractivity contribution in [2.45, 2.75) is 26.3 Å². The van der Waals surface area contributed by atoms with E-state index in [1.54, 1.807) is 0 Å². The second-order valence-corrected chi connectivity index (χ2v) is 4.42. The van der Waals surface area contributed by atoms with Gasteiger partial charge in [0.05, 0.1) is 6.20 Å². The fourth-order valence-electron chi connectivity index (χ4n) is 2.30. The van der Waals surface area contributed by atoms with Gasteiger partial charge in [-0.1, -0.05) is 6.92 Å². The molecule has 0 radical (unpaired) electrons. The van der Waals surface area contributed by atoms with E-state index < -0.39 is 5.97 Å². The van der Waals surface area contributed by atoms with Crippen LogP contribution in [0.3, 0.4) is 0 Å². The molecule has 1 saturated heterocycles. The Bertz CT molecular complexity index is 408. The van der Waals surface area contributed by atoms with Gasteiger partial charge in [-0.05, 0) is 25.3 Å². The number of carboxylic acids is 1. The minimum Gasteiger partial charge on any atom is -0.478 e. The highest BCUT2D eigenvalue weighted by Crippen LogP contribution is 2.28. The summed E-state index contributed by atoms with van der Waals surface area (Å²) in [6.45, 7) is 5.09. The third-order valence-corrected chi connectivity index (χ3v) is 2.99. The van der Waals surface area contributed by atoms with Crippen LogP contribution in [0.2, 0.25) is 0 Å². The predicted molar refractivity (Wildman–Crippen MR) is 59.6 cm³/mol. The van der Waals surface area contributed by atoms with Gasteiger partial charge in [0.25, 0.3) is 0 Å². The van der Waals surface area contributed by atoms with Crippen LogP contribution in [0.4, 0.5) is 5.82 Å². The lowest BCUT2D eigenvalue weighted by molar-refractivity contribution is 0.0697. The topological polar surface area (TPSA) is 66.3 Å². The van der Waals surface area contributed by atoms with Gasteiger partial charge in [0, 0.05) is 12.6 Å². The van der Waals surface area contributed by atoms with Gasteiger partial charge in [-0.25, -0.2) is 4.79 Å². The Hall–Kier alpha value is -1.65. The summed E-state index contributed by atoms with van der Waals surface area (Å²) in [4.78, 5) is 13.1. The summed E-state index contributed by atoms with van der Waals surface area (Å²) in [5, 5.41) is 16.8. The first-order valence-electron chi connectivity index (χ1n) is 5.41. The smallest absolute Gasteiger partial charge is 0.339 e. The van der Waals surface area contributed by atoms with Crippen molar-refractivity contribution >= 4 is 11.8 Å². The van der Waals surface area contributed by atoms with Gasteiger partial charge in [0.15, 0.2) is 5.82 Å². The summed E-state index contributed by atoms with van der Waals surface area (Å²) in [5.74, 6) is 0.113. The van der Waals surface area contributed by atoms with Gasteiger partial charge in [-0.2, -0.15) is 5.10 Å². The molecule has 2 rings (SSSR count). The van der Waals surface area contributed by atoms with Crippen LogP contribution in [0.15, 0.2) is 12.3 Å². The summed E-state index contributed by atoms with van der Waals surface area (Å²) in [7, 11) is 0. The van der Waals surface area contributed by atoms with E-state index in [0.717, 1.165) is 13.0 Å². The highest BCUT2D eigenvalue weighted by Gasteiger charge is 2.30. The number of aromatic carboxylic acids is 1. The van der Waals surface area contributed by atoms with Crippen molar-refractivity contribution in [1.29, 1.82) is 0 Å². The normalized spacial score (nSPS) is 24.8. The first-order valence-corrected chi connectivity index (χ1v) is 5.41. The molecule has 5 heteroatoms. The Balaban J connectivity index is 2.36. The lowest BCUT2D eigenvalue weighted by Gasteiger charge is -2.23. The average molecular weight is 221 g/mol. The van der Waals surface area contributed by atoms with E-state index in [2.05, 4.69) is 24.0 Å². The molecule has 0 aliphatic carbocycles. The largest absolute Gasteiger partial charge is 0.478 e. The standard InChI is InChI=1S/C11H15N3O2/c1-7-5-8(2)14(6-7)10-9(11(15)16)3-4-12-13-10/h3-4,7-8H,5-6H2,1-2H3,(H,15,16). The lowest BCUT2D eigenvalue weighted by Crippen LogP contribution is -2.29.